The predicted octanol–water partition coefficient (Wildman–Crippen LogP) is 4.68. The van der Waals surface area contributed by atoms with Crippen molar-refractivity contribution in [1.29, 1.82) is 0 Å². The van der Waals surface area contributed by atoms with Crippen molar-refractivity contribution in [2.75, 3.05) is 5.32 Å². The minimum absolute atomic E-state index is 0.0448. The highest BCUT2D eigenvalue weighted by Gasteiger charge is 2.14. The maximum atomic E-state index is 12.3. The molecule has 0 spiro atoms. The molecule has 0 atom stereocenters. The first-order valence-corrected chi connectivity index (χ1v) is 7.48. The quantitative estimate of drug-likeness (QED) is 0.586. The van der Waals surface area contributed by atoms with Crippen molar-refractivity contribution in [3.63, 3.8) is 0 Å². The van der Waals surface area contributed by atoms with Gasteiger partial charge in [-0.3, -0.25) is 14.9 Å². The third kappa shape index (κ3) is 3.68. The van der Waals surface area contributed by atoms with Crippen LogP contribution in [0, 0.1) is 17.0 Å². The topological polar surface area (TPSA) is 72.2 Å². The van der Waals surface area contributed by atoms with Crippen LogP contribution in [-0.2, 0) is 0 Å². The molecule has 0 aliphatic heterocycles. The number of carbonyl (C=O) groups excluding carboxylic acids is 1. The van der Waals surface area contributed by atoms with Gasteiger partial charge in [-0.05, 0) is 57.0 Å². The second-order valence-corrected chi connectivity index (χ2v) is 6.07. The smallest absolute Gasteiger partial charge is 0.270 e. The number of non-ortho nitro benzene ring substituents is 1. The second kappa shape index (κ2) is 6.36. The van der Waals surface area contributed by atoms with Crippen LogP contribution in [0.25, 0.3) is 0 Å². The van der Waals surface area contributed by atoms with E-state index in [0.717, 1.165) is 5.56 Å². The molecule has 2 aromatic rings. The average Bonchev–Trinajstić information content (AvgIpc) is 2.43. The van der Waals surface area contributed by atoms with Crippen LogP contribution < -0.4 is 5.32 Å². The first-order chi connectivity index (χ1) is 9.88. The summed E-state index contributed by atoms with van der Waals surface area (Å²) in [5, 5.41) is 13.4. The van der Waals surface area contributed by atoms with Crippen LogP contribution in [-0.4, -0.2) is 10.8 Å². The number of rotatable bonds is 3. The van der Waals surface area contributed by atoms with Gasteiger partial charge in [-0.1, -0.05) is 11.6 Å². The molecule has 108 valence electrons. The molecule has 1 N–H and O–H groups in total. The van der Waals surface area contributed by atoms with E-state index in [9.17, 15) is 14.9 Å². The number of nitro groups is 1. The molecule has 2 rings (SSSR count). The van der Waals surface area contributed by atoms with Crippen molar-refractivity contribution >= 4 is 49.1 Å². The Morgan fingerprint density at radius 2 is 1.86 bits per heavy atom. The Labute approximate surface area is 137 Å². The molecular formula is C14H10Br2N2O3. The van der Waals surface area contributed by atoms with Gasteiger partial charge in [0, 0.05) is 21.1 Å². The minimum atomic E-state index is -0.493. The zero-order valence-corrected chi connectivity index (χ0v) is 14.1. The van der Waals surface area contributed by atoms with E-state index in [1.807, 2.05) is 13.0 Å². The number of nitro benzene ring substituents is 1. The normalized spacial score (nSPS) is 10.2. The van der Waals surface area contributed by atoms with Gasteiger partial charge in [0.2, 0.25) is 0 Å². The van der Waals surface area contributed by atoms with Crippen LogP contribution in [0.1, 0.15) is 15.9 Å². The summed E-state index contributed by atoms with van der Waals surface area (Å²) < 4.78 is 1.14. The summed E-state index contributed by atoms with van der Waals surface area (Å²) in [5.74, 6) is -0.292. The fraction of sp³-hybridized carbons (Fsp3) is 0.0714. The van der Waals surface area contributed by atoms with Crippen molar-refractivity contribution in [3.8, 4) is 0 Å². The summed E-state index contributed by atoms with van der Waals surface area (Å²) >= 11 is 6.55. The molecule has 7 heteroatoms. The molecule has 5 nitrogen and oxygen atoms in total. The van der Waals surface area contributed by atoms with Gasteiger partial charge in [0.15, 0.2) is 0 Å². The highest BCUT2D eigenvalue weighted by molar-refractivity contribution is 9.11. The van der Waals surface area contributed by atoms with E-state index in [0.29, 0.717) is 20.2 Å². The van der Waals surface area contributed by atoms with Crippen LogP contribution in [0.15, 0.2) is 45.3 Å². The standard InChI is InChI=1S/C14H10Br2N2O3/c1-8-2-4-11(15)10(6-8)14(19)17-13-5-3-9(18(20)21)7-12(13)16/h2-7H,1H3,(H,17,19). The molecule has 0 aliphatic rings. The molecule has 0 saturated carbocycles. The number of hydrogen-bond acceptors (Lipinski definition) is 3. The number of nitrogens with zero attached hydrogens (tertiary/aromatic N) is 1. The lowest BCUT2D eigenvalue weighted by Gasteiger charge is -2.09. The van der Waals surface area contributed by atoms with Crippen LogP contribution in [0.5, 0.6) is 0 Å². The maximum absolute atomic E-state index is 12.3. The molecule has 21 heavy (non-hydrogen) atoms. The largest absolute Gasteiger partial charge is 0.321 e. The molecule has 0 fully saturated rings. The summed E-state index contributed by atoms with van der Waals surface area (Å²) in [6, 6.07) is 9.63. The predicted molar refractivity (Wildman–Crippen MR) is 87.6 cm³/mol. The fourth-order valence-electron chi connectivity index (χ4n) is 1.72. The summed E-state index contributed by atoms with van der Waals surface area (Å²) in [5.41, 5.74) is 1.89. The summed E-state index contributed by atoms with van der Waals surface area (Å²) in [7, 11) is 0. The molecule has 0 radical (unpaired) electrons. The van der Waals surface area contributed by atoms with E-state index in [1.54, 1.807) is 12.1 Å². The van der Waals surface area contributed by atoms with Crippen LogP contribution in [0.4, 0.5) is 11.4 Å². The van der Waals surface area contributed by atoms with E-state index in [-0.39, 0.29) is 11.6 Å². The van der Waals surface area contributed by atoms with Gasteiger partial charge in [-0.15, -0.1) is 0 Å². The van der Waals surface area contributed by atoms with E-state index in [1.165, 1.54) is 18.2 Å². The van der Waals surface area contributed by atoms with Crippen molar-refractivity contribution in [3.05, 3.63) is 66.6 Å². The summed E-state index contributed by atoms with van der Waals surface area (Å²) in [6.07, 6.45) is 0. The number of carbonyl (C=O) groups is 1. The van der Waals surface area contributed by atoms with E-state index < -0.39 is 4.92 Å². The first kappa shape index (κ1) is 15.7. The minimum Gasteiger partial charge on any atom is -0.321 e. The Morgan fingerprint density at radius 1 is 1.14 bits per heavy atom. The van der Waals surface area contributed by atoms with Gasteiger partial charge >= 0.3 is 0 Å². The van der Waals surface area contributed by atoms with Gasteiger partial charge in [0.1, 0.15) is 0 Å². The molecule has 0 aliphatic carbocycles. The third-order valence-corrected chi connectivity index (χ3v) is 4.13. The summed E-state index contributed by atoms with van der Waals surface area (Å²) in [6.45, 7) is 1.89. The van der Waals surface area contributed by atoms with Gasteiger partial charge in [-0.25, -0.2) is 0 Å². The highest BCUT2D eigenvalue weighted by atomic mass is 79.9. The third-order valence-electron chi connectivity index (χ3n) is 2.78. The molecule has 0 heterocycles. The first-order valence-electron chi connectivity index (χ1n) is 5.90. The number of aryl methyl sites for hydroxylation is 1. The Kier molecular flexibility index (Phi) is 4.74. The zero-order chi connectivity index (χ0) is 15.6. The molecule has 0 aromatic heterocycles. The van der Waals surface area contributed by atoms with Gasteiger partial charge in [0.25, 0.3) is 11.6 Å². The SMILES string of the molecule is Cc1ccc(Br)c(C(=O)Nc2ccc([N+](=O)[O-])cc2Br)c1. The highest BCUT2D eigenvalue weighted by Crippen LogP contribution is 2.28. The van der Waals surface area contributed by atoms with Gasteiger partial charge < -0.3 is 5.32 Å². The number of hydrogen-bond donors (Lipinski definition) is 1. The van der Waals surface area contributed by atoms with Crippen molar-refractivity contribution in [1.82, 2.24) is 0 Å². The second-order valence-electron chi connectivity index (χ2n) is 4.36. The Morgan fingerprint density at radius 3 is 2.48 bits per heavy atom. The van der Waals surface area contributed by atoms with E-state index in [4.69, 9.17) is 0 Å². The number of nitrogens with one attached hydrogen (secondary N) is 1. The lowest BCUT2D eigenvalue weighted by molar-refractivity contribution is -0.384. The molecule has 0 bridgehead atoms. The molecule has 1 amide bonds. The molecule has 0 saturated heterocycles. The van der Waals surface area contributed by atoms with Crippen LogP contribution in [0.3, 0.4) is 0 Å². The molecule has 0 unspecified atom stereocenters. The van der Waals surface area contributed by atoms with Crippen LogP contribution >= 0.6 is 31.9 Å². The van der Waals surface area contributed by atoms with Crippen molar-refractivity contribution in [2.45, 2.75) is 6.92 Å². The number of amides is 1. The van der Waals surface area contributed by atoms with Crippen molar-refractivity contribution in [2.24, 2.45) is 0 Å². The average molecular weight is 414 g/mol. The number of benzene rings is 2. The maximum Gasteiger partial charge on any atom is 0.270 e. The van der Waals surface area contributed by atoms with E-state index in [2.05, 4.69) is 37.2 Å². The zero-order valence-electron chi connectivity index (χ0n) is 10.9. The fourth-order valence-corrected chi connectivity index (χ4v) is 2.61. The summed E-state index contributed by atoms with van der Waals surface area (Å²) in [4.78, 5) is 22.5. The van der Waals surface area contributed by atoms with Crippen molar-refractivity contribution < 1.29 is 9.72 Å². The Bertz CT molecular complexity index is 732. The van der Waals surface area contributed by atoms with Gasteiger partial charge in [-0.2, -0.15) is 0 Å². The Hall–Kier alpha value is -1.73. The lowest BCUT2D eigenvalue weighted by Crippen LogP contribution is -2.13. The van der Waals surface area contributed by atoms with Crippen LogP contribution in [0.2, 0.25) is 0 Å². The number of anilines is 1. The number of halogens is 2. The Balaban J connectivity index is 2.27. The lowest BCUT2D eigenvalue weighted by atomic mass is 10.1. The molecule has 2 aromatic carbocycles. The molecular weight excluding hydrogens is 404 g/mol. The monoisotopic (exact) mass is 412 g/mol. The van der Waals surface area contributed by atoms with Gasteiger partial charge in [0.05, 0.1) is 16.2 Å². The van der Waals surface area contributed by atoms with E-state index >= 15 is 0 Å².